The molecule has 1 aliphatic heterocycles. The third kappa shape index (κ3) is 4.69. The van der Waals surface area contributed by atoms with Crippen molar-refractivity contribution < 1.29 is 22.4 Å². The van der Waals surface area contributed by atoms with E-state index in [2.05, 4.69) is 5.10 Å². The number of hydrogen-bond acceptors (Lipinski definition) is 6. The van der Waals surface area contributed by atoms with E-state index in [9.17, 15) is 13.2 Å². The maximum absolute atomic E-state index is 13.2. The molecule has 2 aromatic carbocycles. The van der Waals surface area contributed by atoms with Crippen LogP contribution in [0.4, 0.5) is 0 Å². The van der Waals surface area contributed by atoms with Crippen molar-refractivity contribution in [1.29, 1.82) is 0 Å². The molecule has 0 N–H and O–H groups in total. The molecule has 0 fully saturated rings. The van der Waals surface area contributed by atoms with Gasteiger partial charge in [0.25, 0.3) is 5.91 Å². The molecule has 0 radical (unpaired) electrons. The monoisotopic (exact) mass is 467 g/mol. The highest BCUT2D eigenvalue weighted by Crippen LogP contribution is 2.33. The van der Waals surface area contributed by atoms with Crippen molar-refractivity contribution in [3.05, 3.63) is 83.8 Å². The number of methoxy groups -OCH3 is 1. The van der Waals surface area contributed by atoms with Gasteiger partial charge in [0, 0.05) is 13.5 Å². The highest BCUT2D eigenvalue weighted by atomic mass is 32.2. The largest absolute Gasteiger partial charge is 0.497 e. The molecule has 2 heterocycles. The van der Waals surface area contributed by atoms with Crippen molar-refractivity contribution >= 4 is 21.6 Å². The Kier molecular flexibility index (Phi) is 6.35. The van der Waals surface area contributed by atoms with E-state index in [1.807, 2.05) is 31.2 Å². The standard InChI is InChI=1S/C24H25N3O5S/c1-17-6-12-20(13-7-17)33(29,30)26(2)16-24(28)27-22(23-5-4-14-32-23)15-21(25-27)18-8-10-19(31-3)11-9-18/h4-14,22H,15-16H2,1-3H3. The van der Waals surface area contributed by atoms with E-state index in [1.54, 1.807) is 31.4 Å². The zero-order valence-corrected chi connectivity index (χ0v) is 19.5. The lowest BCUT2D eigenvalue weighted by atomic mass is 10.0. The van der Waals surface area contributed by atoms with E-state index in [1.165, 1.54) is 30.5 Å². The molecule has 33 heavy (non-hydrogen) atoms. The Hall–Kier alpha value is -3.43. The molecule has 0 bridgehead atoms. The number of ether oxygens (including phenoxy) is 1. The number of aryl methyl sites for hydroxylation is 1. The second-order valence-electron chi connectivity index (χ2n) is 7.82. The summed E-state index contributed by atoms with van der Waals surface area (Å²) in [5, 5.41) is 5.87. The Bertz CT molecular complexity index is 1250. The number of hydrazone groups is 1. The van der Waals surface area contributed by atoms with Gasteiger partial charge < -0.3 is 9.15 Å². The predicted molar refractivity (Wildman–Crippen MR) is 123 cm³/mol. The zero-order valence-electron chi connectivity index (χ0n) is 18.6. The van der Waals surface area contributed by atoms with Crippen molar-refractivity contribution in [3.63, 3.8) is 0 Å². The summed E-state index contributed by atoms with van der Waals surface area (Å²) in [7, 11) is -0.843. The summed E-state index contributed by atoms with van der Waals surface area (Å²) >= 11 is 0. The van der Waals surface area contributed by atoms with Crippen LogP contribution in [0.5, 0.6) is 5.75 Å². The van der Waals surface area contributed by atoms with Crippen molar-refractivity contribution in [1.82, 2.24) is 9.31 Å². The first-order valence-corrected chi connectivity index (χ1v) is 11.8. The molecule has 0 saturated carbocycles. The first-order chi connectivity index (χ1) is 15.8. The Morgan fingerprint density at radius 1 is 1.15 bits per heavy atom. The van der Waals surface area contributed by atoms with Crippen LogP contribution in [-0.4, -0.2) is 50.1 Å². The zero-order chi connectivity index (χ0) is 23.6. The fraction of sp³-hybridized carbons (Fsp3) is 0.250. The molecule has 1 unspecified atom stereocenters. The molecule has 1 aliphatic rings. The van der Waals surface area contributed by atoms with E-state index in [0.717, 1.165) is 21.2 Å². The highest BCUT2D eigenvalue weighted by molar-refractivity contribution is 7.89. The average Bonchev–Trinajstić information content (AvgIpc) is 3.49. The molecule has 1 amide bonds. The smallest absolute Gasteiger partial charge is 0.258 e. The van der Waals surface area contributed by atoms with Crippen LogP contribution in [0.25, 0.3) is 0 Å². The first-order valence-electron chi connectivity index (χ1n) is 10.4. The van der Waals surface area contributed by atoms with Crippen LogP contribution in [0.15, 0.2) is 81.3 Å². The van der Waals surface area contributed by atoms with Crippen LogP contribution < -0.4 is 4.74 Å². The van der Waals surface area contributed by atoms with Gasteiger partial charge in [-0.05, 0) is 61.0 Å². The van der Waals surface area contributed by atoms with Gasteiger partial charge in [-0.25, -0.2) is 13.4 Å². The molecule has 3 aromatic rings. The molecule has 0 spiro atoms. The Balaban J connectivity index is 1.58. The number of likely N-dealkylation sites (N-methyl/N-ethyl adjacent to an activating group) is 1. The summed E-state index contributed by atoms with van der Waals surface area (Å²) in [4.78, 5) is 13.4. The molecule has 172 valence electrons. The van der Waals surface area contributed by atoms with Crippen LogP contribution >= 0.6 is 0 Å². The number of furan rings is 1. The van der Waals surface area contributed by atoms with E-state index in [0.29, 0.717) is 17.9 Å². The fourth-order valence-electron chi connectivity index (χ4n) is 3.64. The number of hydrogen-bond donors (Lipinski definition) is 0. The summed E-state index contributed by atoms with van der Waals surface area (Å²) in [5.74, 6) is 0.855. The molecule has 1 atom stereocenters. The average molecular weight is 468 g/mol. The minimum Gasteiger partial charge on any atom is -0.497 e. The van der Waals surface area contributed by atoms with Gasteiger partial charge in [-0.3, -0.25) is 4.79 Å². The van der Waals surface area contributed by atoms with Crippen molar-refractivity contribution in [2.45, 2.75) is 24.3 Å². The number of nitrogens with zero attached hydrogens (tertiary/aromatic N) is 3. The molecule has 1 aromatic heterocycles. The van der Waals surface area contributed by atoms with Gasteiger partial charge in [-0.15, -0.1) is 0 Å². The quantitative estimate of drug-likeness (QED) is 0.529. The summed E-state index contributed by atoms with van der Waals surface area (Å²) in [6.45, 7) is 1.52. The fourth-order valence-corrected chi connectivity index (χ4v) is 4.76. The molecular weight excluding hydrogens is 442 g/mol. The van der Waals surface area contributed by atoms with Crippen molar-refractivity contribution in [2.75, 3.05) is 20.7 Å². The minimum atomic E-state index is -3.82. The summed E-state index contributed by atoms with van der Waals surface area (Å²) in [6.07, 6.45) is 1.98. The molecule has 9 heteroatoms. The molecular formula is C24H25N3O5S. The van der Waals surface area contributed by atoms with Gasteiger partial charge in [-0.2, -0.15) is 9.41 Å². The van der Waals surface area contributed by atoms with Crippen LogP contribution in [-0.2, 0) is 14.8 Å². The normalized spacial score (nSPS) is 16.2. The maximum atomic E-state index is 13.2. The van der Waals surface area contributed by atoms with Crippen molar-refractivity contribution in [3.8, 4) is 5.75 Å². The Morgan fingerprint density at radius 2 is 1.85 bits per heavy atom. The first kappa shape index (κ1) is 22.8. The summed E-state index contributed by atoms with van der Waals surface area (Å²) < 4.78 is 37.7. The van der Waals surface area contributed by atoms with Gasteiger partial charge >= 0.3 is 0 Å². The summed E-state index contributed by atoms with van der Waals surface area (Å²) in [5.41, 5.74) is 2.51. The predicted octanol–water partition coefficient (Wildman–Crippen LogP) is 3.60. The van der Waals surface area contributed by atoms with Crippen LogP contribution in [0, 0.1) is 6.92 Å². The number of rotatable bonds is 7. The third-order valence-electron chi connectivity index (χ3n) is 5.55. The lowest BCUT2D eigenvalue weighted by molar-refractivity contribution is -0.133. The molecule has 0 aliphatic carbocycles. The van der Waals surface area contributed by atoms with Crippen LogP contribution in [0.1, 0.15) is 29.3 Å². The third-order valence-corrected chi connectivity index (χ3v) is 7.37. The van der Waals surface area contributed by atoms with E-state index in [4.69, 9.17) is 9.15 Å². The maximum Gasteiger partial charge on any atom is 0.258 e. The molecule has 8 nitrogen and oxygen atoms in total. The Labute approximate surface area is 193 Å². The SMILES string of the molecule is COc1ccc(C2=NN(C(=O)CN(C)S(=O)(=O)c3ccc(C)cc3)C(c3ccco3)C2)cc1. The van der Waals surface area contributed by atoms with Gasteiger partial charge in [0.15, 0.2) is 0 Å². The molecule has 0 saturated heterocycles. The number of benzene rings is 2. The second-order valence-corrected chi connectivity index (χ2v) is 9.87. The van der Waals surface area contributed by atoms with E-state index >= 15 is 0 Å². The molecule has 4 rings (SSSR count). The second kappa shape index (κ2) is 9.21. The van der Waals surface area contributed by atoms with Gasteiger partial charge in [-0.1, -0.05) is 17.7 Å². The number of amides is 1. The number of carbonyl (C=O) groups excluding carboxylic acids is 1. The van der Waals surface area contributed by atoms with Gasteiger partial charge in [0.2, 0.25) is 10.0 Å². The number of carbonyl (C=O) groups is 1. The lowest BCUT2D eigenvalue weighted by Crippen LogP contribution is -2.39. The van der Waals surface area contributed by atoms with Crippen LogP contribution in [0.2, 0.25) is 0 Å². The topological polar surface area (TPSA) is 92.4 Å². The van der Waals surface area contributed by atoms with Crippen molar-refractivity contribution in [2.24, 2.45) is 5.10 Å². The van der Waals surface area contributed by atoms with E-state index < -0.39 is 22.0 Å². The van der Waals surface area contributed by atoms with Crippen LogP contribution in [0.3, 0.4) is 0 Å². The Morgan fingerprint density at radius 3 is 2.45 bits per heavy atom. The van der Waals surface area contributed by atoms with E-state index in [-0.39, 0.29) is 11.4 Å². The number of sulfonamides is 1. The summed E-state index contributed by atoms with van der Waals surface area (Å²) in [6, 6.07) is 17.0. The van der Waals surface area contributed by atoms with Gasteiger partial charge in [0.05, 0.1) is 30.5 Å². The highest BCUT2D eigenvalue weighted by Gasteiger charge is 2.36. The lowest BCUT2D eigenvalue weighted by Gasteiger charge is -2.23. The van der Waals surface area contributed by atoms with Gasteiger partial charge in [0.1, 0.15) is 17.6 Å². The minimum absolute atomic E-state index is 0.134.